The number of hydroxylamine groups is 4. The molecular formula is C86H112F4N13O14S+. The highest BCUT2D eigenvalue weighted by molar-refractivity contribution is 7.07. The van der Waals surface area contributed by atoms with Gasteiger partial charge in [-0.3, -0.25) is 38.4 Å². The molecule has 8 aliphatic rings. The number of nitrogens with one attached hydrogen (secondary N) is 4. The van der Waals surface area contributed by atoms with Crippen LogP contribution in [0, 0.1) is 81.4 Å². The fourth-order valence-electron chi connectivity index (χ4n) is 18.9. The molecular weight excluding hydrogens is 1550 g/mol. The Morgan fingerprint density at radius 1 is 0.661 bits per heavy atom. The summed E-state index contributed by atoms with van der Waals surface area (Å²) in [5.74, 6) is -8.78. The average Bonchev–Trinajstić information content (AvgIpc) is 0.808. The number of halogens is 4. The number of methoxy groups -OCH3 is 2. The third-order valence-corrected chi connectivity index (χ3v) is 26.5. The second kappa shape index (κ2) is 36.6. The first kappa shape index (κ1) is 89.3. The van der Waals surface area contributed by atoms with Gasteiger partial charge in [-0.1, -0.05) is 77.9 Å². The number of carbonyl (C=O) groups is 6. The molecule has 8 fully saturated rings. The summed E-state index contributed by atoms with van der Waals surface area (Å²) in [4.78, 5) is 107. The van der Waals surface area contributed by atoms with E-state index in [1.165, 1.54) is 47.0 Å². The molecule has 6 aliphatic carbocycles. The standard InChI is InChI=1S/C44H53F4N7O7.C42H58N6O7S/c1-20-29-15-25(44(29,3)4)16-30(20)51-43(60)39-33(21(2)57)32(19-56)62-55(39)18-22-10-9-11-27(40(22)61-8)23-12-24(14-26(13-23)54(6)7)42(59)52-31(41(49)58)17-28-34(45)36(47)38(53-50-5)37(48)35(28)46;1-23-32-16-28(42(32,3)4)17-33(23)44-40(52)37-36(24(2)50)35(20-49)55-48(37)19-25-11-10-12-31(38(25)54-9)26-13-27(15-30(14-26)46(5)6)39(51)45-34(41(53)47(7)8)18-29-21-56-22-43-29/h9-14,20-21,25,29-33,39,56-57H,5,15-19H2,1-4,6-8H3,(H3-,49,51,52,58,59,60);10-15,21-24,28,32-37,49-50H,16-20H2,1-9H3,(H,44,52)(H,45,51)/p+1/t20-,21-,25+,29-,30-,31-,32-,33+,39?;23-,24-,28+,32-,33-,34-,35-,36+,37-/m00/s1. The van der Waals surface area contributed by atoms with E-state index in [0.717, 1.165) is 30.6 Å². The zero-order valence-electron chi connectivity index (χ0n) is 69.7. The van der Waals surface area contributed by atoms with E-state index < -0.39 is 126 Å². The topological polar surface area (TPSA) is 350 Å². The van der Waals surface area contributed by atoms with Gasteiger partial charge in [0.25, 0.3) is 18.5 Å². The van der Waals surface area contributed by atoms with Crippen LogP contribution < -0.4 is 46.3 Å². The molecule has 6 amide bonds. The van der Waals surface area contributed by atoms with Crippen LogP contribution >= 0.6 is 11.3 Å². The number of rotatable bonds is 29. The first-order valence-electron chi connectivity index (χ1n) is 39.8. The number of thiazole rings is 1. The van der Waals surface area contributed by atoms with E-state index in [4.69, 9.17) is 24.9 Å². The van der Waals surface area contributed by atoms with Crippen molar-refractivity contribution in [1.82, 2.24) is 41.3 Å². The molecule has 27 nitrogen and oxygen atoms in total. The summed E-state index contributed by atoms with van der Waals surface area (Å²) in [5, 5.41) is 62.4. The number of anilines is 2. The van der Waals surface area contributed by atoms with E-state index in [-0.39, 0.29) is 78.2 Å². The molecule has 0 spiro atoms. The molecule has 14 rings (SSSR count). The lowest BCUT2D eigenvalue weighted by atomic mass is 9.45. The van der Waals surface area contributed by atoms with Gasteiger partial charge in [-0.15, -0.1) is 11.3 Å². The fraction of sp³-hybridized carbons (Fsp3) is 0.535. The Kier molecular flexibility index (Phi) is 27.7. The first-order chi connectivity index (χ1) is 55.8. The van der Waals surface area contributed by atoms with Crippen LogP contribution in [-0.4, -0.2) is 218 Å². The van der Waals surface area contributed by atoms with E-state index in [1.54, 1.807) is 101 Å². The number of aliphatic hydroxyl groups excluding tert-OH is 4. The molecule has 3 heterocycles. The SMILES string of the molecule is C=[N+]=Nc1c(F)c(F)c(C[C@H](NC(=O)c2cc(-c3cccc(CN4O[C@@H](CO)[C@@H]([C@H](C)O)C4C(=O)N[C@H]4C[C@H]5C[C@@H]([C@@H]4C)C5(C)C)c3OC)cc(N(C)C)c2)C(N)=O)c(F)c1F.COc1c(CN2O[C@@H](CO)[C@@H]([C@H](C)O)[C@H]2C(=O)N[C@H]2C[C@H]3C[C@@H]([C@@H]2C)C3(C)C)cccc1-c1cc(C(=O)N[C@@H](Cc2cscn2)C(=O)N(C)C)cc(N(C)C)c1. The van der Waals surface area contributed by atoms with Crippen LogP contribution in [0.3, 0.4) is 0 Å². The molecule has 6 saturated carbocycles. The van der Waals surface area contributed by atoms with Crippen molar-refractivity contribution in [3.63, 3.8) is 0 Å². The Morgan fingerprint density at radius 2 is 1.09 bits per heavy atom. The van der Waals surface area contributed by atoms with Crippen LogP contribution in [0.2, 0.25) is 0 Å². The van der Waals surface area contributed by atoms with Crippen molar-refractivity contribution in [1.29, 1.82) is 0 Å². The number of nitrogens with two attached hydrogens (primary N) is 1. The van der Waals surface area contributed by atoms with Gasteiger partial charge >= 0.3 is 0 Å². The molecule has 18 atom stereocenters. The van der Waals surface area contributed by atoms with Crippen LogP contribution in [0.4, 0.5) is 34.6 Å². The number of hydrogen-bond donors (Lipinski definition) is 9. The molecule has 32 heteroatoms. The number of hydrogen-bond acceptors (Lipinski definition) is 21. The Bertz CT molecular complexity index is 4730. The number of nitrogens with zero attached hydrogens (tertiary/aromatic N) is 8. The predicted molar refractivity (Wildman–Crippen MR) is 436 cm³/mol. The molecule has 5 aromatic carbocycles. The minimum absolute atomic E-state index is 0.0121. The number of fused-ring (bicyclic) bond motifs is 4. The van der Waals surface area contributed by atoms with Gasteiger partial charge in [0.05, 0.1) is 63.9 Å². The molecule has 638 valence electrons. The van der Waals surface area contributed by atoms with Gasteiger partial charge in [-0.05, 0) is 133 Å². The van der Waals surface area contributed by atoms with Crippen molar-refractivity contribution >= 4 is 70.6 Å². The first-order valence-corrected chi connectivity index (χ1v) is 40.8. The summed E-state index contributed by atoms with van der Waals surface area (Å²) in [5.41, 5.74) is 11.1. The van der Waals surface area contributed by atoms with E-state index in [0.29, 0.717) is 85.7 Å². The largest absolute Gasteiger partial charge is 0.496 e. The molecule has 6 aromatic rings. The van der Waals surface area contributed by atoms with Gasteiger partial charge in [0.2, 0.25) is 29.3 Å². The van der Waals surface area contributed by atoms with E-state index in [9.17, 15) is 66.8 Å². The second-order valence-corrected chi connectivity index (χ2v) is 34.9. The number of ether oxygens (including phenoxy) is 2. The maximum Gasteiger partial charge on any atom is 0.296 e. The zero-order chi connectivity index (χ0) is 86.2. The molecule has 0 radical (unpaired) electrons. The maximum atomic E-state index is 15.0. The summed E-state index contributed by atoms with van der Waals surface area (Å²) in [6.45, 7) is 19.0. The summed E-state index contributed by atoms with van der Waals surface area (Å²) in [6.07, 6.45) is -0.329. The van der Waals surface area contributed by atoms with E-state index in [2.05, 4.69) is 84.4 Å². The Balaban J connectivity index is 0.000000233. The average molecular weight is 1660 g/mol. The Hall–Kier alpha value is -9.47. The summed E-state index contributed by atoms with van der Waals surface area (Å²) in [7, 11) is 13.5. The second-order valence-electron chi connectivity index (χ2n) is 34.2. The lowest BCUT2D eigenvalue weighted by Crippen LogP contribution is -2.62. The highest BCUT2D eigenvalue weighted by Crippen LogP contribution is 2.62. The van der Waals surface area contributed by atoms with Crippen LogP contribution in [-0.2, 0) is 54.8 Å². The van der Waals surface area contributed by atoms with Gasteiger partial charge in [0.15, 0.2) is 23.3 Å². The fourth-order valence-corrected chi connectivity index (χ4v) is 19.5. The lowest BCUT2D eigenvalue weighted by Gasteiger charge is -2.62. The summed E-state index contributed by atoms with van der Waals surface area (Å²) in [6, 6.07) is 16.6. The van der Waals surface area contributed by atoms with Crippen LogP contribution in [0.5, 0.6) is 11.5 Å². The molecule has 4 bridgehead atoms. The third-order valence-electron chi connectivity index (χ3n) is 25.9. The lowest BCUT2D eigenvalue weighted by molar-refractivity contribution is -0.183. The predicted octanol–water partition coefficient (Wildman–Crippen LogP) is 8.44. The number of aliphatic hydroxyl groups is 4. The molecule has 10 N–H and O–H groups in total. The van der Waals surface area contributed by atoms with Crippen LogP contribution in [0.25, 0.3) is 22.3 Å². The number of likely N-dealkylation sites (N-methyl/N-ethyl adjacent to an activating group) is 1. The highest BCUT2D eigenvalue weighted by atomic mass is 32.1. The third kappa shape index (κ3) is 18.0. The van der Waals surface area contributed by atoms with Gasteiger partial charge in [0.1, 0.15) is 53.0 Å². The zero-order valence-corrected chi connectivity index (χ0v) is 70.5. The van der Waals surface area contributed by atoms with Crippen LogP contribution in [0.1, 0.15) is 124 Å². The van der Waals surface area contributed by atoms with Gasteiger partial charge < -0.3 is 71.6 Å². The van der Waals surface area contributed by atoms with Crippen molar-refractivity contribution < 1.29 is 90.7 Å². The molecule has 2 aliphatic heterocycles. The van der Waals surface area contributed by atoms with Crippen molar-refractivity contribution in [2.75, 3.05) is 79.5 Å². The molecule has 118 heavy (non-hydrogen) atoms. The smallest absolute Gasteiger partial charge is 0.296 e. The quantitative estimate of drug-likeness (QED) is 0.00699. The van der Waals surface area contributed by atoms with Gasteiger partial charge in [0, 0.05) is 140 Å². The van der Waals surface area contributed by atoms with Gasteiger partial charge in [-0.2, -0.15) is 10.1 Å². The summed E-state index contributed by atoms with van der Waals surface area (Å²) >= 11 is 1.43. The van der Waals surface area contributed by atoms with Gasteiger partial charge in [-0.25, -0.2) is 22.5 Å². The monoisotopic (exact) mass is 1660 g/mol. The number of carbonyl (C=O) groups excluding carboxylic acids is 6. The molecule has 1 unspecified atom stereocenters. The van der Waals surface area contributed by atoms with Crippen LogP contribution in [0.15, 0.2) is 88.8 Å². The van der Waals surface area contributed by atoms with Crippen molar-refractivity contribution in [2.45, 2.75) is 168 Å². The van der Waals surface area contributed by atoms with Crippen molar-refractivity contribution in [2.24, 2.45) is 69.0 Å². The Morgan fingerprint density at radius 3 is 1.44 bits per heavy atom. The number of benzene rings is 5. The number of amides is 6. The van der Waals surface area contributed by atoms with Crippen molar-refractivity contribution in [3.05, 3.63) is 140 Å². The molecule has 1 aromatic heterocycles. The minimum Gasteiger partial charge on any atom is -0.496 e. The number of para-hydroxylation sites is 2. The summed E-state index contributed by atoms with van der Waals surface area (Å²) < 4.78 is 71.3. The van der Waals surface area contributed by atoms with E-state index >= 15 is 0 Å². The highest BCUT2D eigenvalue weighted by Gasteiger charge is 2.60. The maximum absolute atomic E-state index is 15.0. The van der Waals surface area contributed by atoms with E-state index in [1.807, 2.05) is 48.6 Å². The minimum atomic E-state index is -1.87. The molecule has 2 saturated heterocycles. The normalized spacial score (nSPS) is 25.6. The van der Waals surface area contributed by atoms with Crippen molar-refractivity contribution in [3.8, 4) is 33.8 Å². The number of primary amides is 1. The number of aromatic nitrogens is 1. The Labute approximate surface area is 689 Å².